The lowest BCUT2D eigenvalue weighted by atomic mass is 10.1. The Morgan fingerprint density at radius 2 is 1.35 bits per heavy atom. The van der Waals surface area contributed by atoms with Gasteiger partial charge in [0.25, 0.3) is 11.8 Å². The molecule has 0 saturated heterocycles. The van der Waals surface area contributed by atoms with Crippen LogP contribution in [-0.4, -0.2) is 33.0 Å². The summed E-state index contributed by atoms with van der Waals surface area (Å²) < 4.78 is 2.08. The lowest BCUT2D eigenvalue weighted by Gasteiger charge is -2.13. The Kier molecular flexibility index (Phi) is 5.86. The molecule has 5 heteroatoms. The molecule has 0 atom stereocenters. The van der Waals surface area contributed by atoms with Crippen LogP contribution in [0.5, 0.6) is 0 Å². The number of rotatable bonds is 9. The predicted octanol–water partition coefficient (Wildman–Crippen LogP) is 4.14. The molecule has 0 N–H and O–H groups in total. The van der Waals surface area contributed by atoms with Crippen molar-refractivity contribution in [2.75, 3.05) is 6.54 Å². The molecule has 138 valence electrons. The van der Waals surface area contributed by atoms with Crippen LogP contribution in [-0.2, 0) is 6.54 Å². The molecule has 1 aromatic carbocycles. The number of carbonyl (C=O) groups excluding carboxylic acids is 2. The van der Waals surface area contributed by atoms with Gasteiger partial charge in [-0.05, 0) is 44.9 Å². The van der Waals surface area contributed by atoms with Gasteiger partial charge in [0.2, 0.25) is 0 Å². The highest BCUT2D eigenvalue weighted by atomic mass is 16.2. The van der Waals surface area contributed by atoms with Crippen molar-refractivity contribution in [3.05, 3.63) is 52.8 Å². The maximum atomic E-state index is 12.3. The number of hydrogen-bond acceptors (Lipinski definition) is 3. The summed E-state index contributed by atoms with van der Waals surface area (Å²) in [5, 5.41) is 4.48. The molecule has 0 radical (unpaired) electrons. The van der Waals surface area contributed by atoms with Crippen molar-refractivity contribution in [2.45, 2.75) is 58.9 Å². The second-order valence-corrected chi connectivity index (χ2v) is 7.08. The number of aryl methyl sites for hydroxylation is 3. The van der Waals surface area contributed by atoms with Gasteiger partial charge in [-0.2, -0.15) is 5.10 Å². The van der Waals surface area contributed by atoms with E-state index in [9.17, 15) is 9.59 Å². The summed E-state index contributed by atoms with van der Waals surface area (Å²) in [5.41, 5.74) is 3.39. The van der Waals surface area contributed by atoms with Gasteiger partial charge in [-0.3, -0.25) is 19.2 Å². The number of imide groups is 1. The van der Waals surface area contributed by atoms with Gasteiger partial charge in [0, 0.05) is 18.8 Å². The summed E-state index contributed by atoms with van der Waals surface area (Å²) in [7, 11) is 0. The fraction of sp³-hybridized carbons (Fsp3) is 0.476. The van der Waals surface area contributed by atoms with Crippen LogP contribution in [0.1, 0.15) is 70.6 Å². The van der Waals surface area contributed by atoms with Crippen molar-refractivity contribution < 1.29 is 9.59 Å². The maximum absolute atomic E-state index is 12.3. The van der Waals surface area contributed by atoms with E-state index in [1.165, 1.54) is 23.4 Å². The van der Waals surface area contributed by atoms with E-state index in [1.807, 2.05) is 6.92 Å². The molecule has 1 aliphatic heterocycles. The molecular formula is C21H27N3O2. The van der Waals surface area contributed by atoms with Gasteiger partial charge in [-0.25, -0.2) is 0 Å². The van der Waals surface area contributed by atoms with Crippen LogP contribution in [0.4, 0.5) is 0 Å². The quantitative estimate of drug-likeness (QED) is 0.503. The molecular weight excluding hydrogens is 326 g/mol. The van der Waals surface area contributed by atoms with Crippen LogP contribution in [0.2, 0.25) is 0 Å². The highest BCUT2D eigenvalue weighted by molar-refractivity contribution is 6.21. The Labute approximate surface area is 155 Å². The largest absolute Gasteiger partial charge is 0.274 e. The molecule has 0 saturated carbocycles. The van der Waals surface area contributed by atoms with Crippen molar-refractivity contribution in [2.24, 2.45) is 0 Å². The average Bonchev–Trinajstić information content (AvgIpc) is 3.08. The van der Waals surface area contributed by atoms with E-state index in [-0.39, 0.29) is 11.8 Å². The van der Waals surface area contributed by atoms with Crippen molar-refractivity contribution in [3.8, 4) is 0 Å². The number of amides is 2. The number of unbranched alkanes of at least 4 members (excludes halogenated alkanes) is 5. The van der Waals surface area contributed by atoms with Gasteiger partial charge in [0.1, 0.15) is 0 Å². The minimum Gasteiger partial charge on any atom is -0.274 e. The molecule has 3 rings (SSSR count). The summed E-state index contributed by atoms with van der Waals surface area (Å²) in [6, 6.07) is 9.19. The summed E-state index contributed by atoms with van der Waals surface area (Å²) in [6.45, 7) is 5.63. The number of carbonyl (C=O) groups is 2. The first kappa shape index (κ1) is 18.4. The van der Waals surface area contributed by atoms with Crippen molar-refractivity contribution in [3.63, 3.8) is 0 Å². The molecule has 0 fully saturated rings. The van der Waals surface area contributed by atoms with E-state index < -0.39 is 0 Å². The van der Waals surface area contributed by atoms with Gasteiger partial charge in [-0.1, -0.05) is 37.8 Å². The van der Waals surface area contributed by atoms with Crippen LogP contribution in [0, 0.1) is 13.8 Å². The number of hydrogen-bond donors (Lipinski definition) is 0. The molecule has 1 aromatic heterocycles. The zero-order valence-corrected chi connectivity index (χ0v) is 15.7. The number of aromatic nitrogens is 2. The molecule has 2 aromatic rings. The number of fused-ring (bicyclic) bond motifs is 1. The Morgan fingerprint density at radius 3 is 1.88 bits per heavy atom. The summed E-state index contributed by atoms with van der Waals surface area (Å²) >= 11 is 0. The van der Waals surface area contributed by atoms with Gasteiger partial charge in [-0.15, -0.1) is 0 Å². The molecule has 2 amide bonds. The van der Waals surface area contributed by atoms with E-state index in [0.717, 1.165) is 37.9 Å². The lowest BCUT2D eigenvalue weighted by molar-refractivity contribution is 0.0651. The van der Waals surface area contributed by atoms with Gasteiger partial charge >= 0.3 is 0 Å². The van der Waals surface area contributed by atoms with E-state index in [0.29, 0.717) is 17.7 Å². The minimum atomic E-state index is -0.143. The highest BCUT2D eigenvalue weighted by Crippen LogP contribution is 2.22. The van der Waals surface area contributed by atoms with E-state index in [1.54, 1.807) is 24.3 Å². The van der Waals surface area contributed by atoms with Crippen LogP contribution in [0.3, 0.4) is 0 Å². The standard InChI is InChI=1S/C21H27N3O2/c1-16-15-17(2)24(22-16)14-10-6-4-3-5-9-13-23-20(25)18-11-7-8-12-19(18)21(23)26/h7-8,11-12,15H,3-6,9-10,13-14H2,1-2H3. The number of benzene rings is 1. The molecule has 5 nitrogen and oxygen atoms in total. The third kappa shape index (κ3) is 4.03. The average molecular weight is 353 g/mol. The molecule has 2 heterocycles. The number of nitrogens with zero attached hydrogens (tertiary/aromatic N) is 3. The second kappa shape index (κ2) is 8.30. The third-order valence-electron chi connectivity index (χ3n) is 4.98. The molecule has 26 heavy (non-hydrogen) atoms. The van der Waals surface area contributed by atoms with Gasteiger partial charge in [0.05, 0.1) is 16.8 Å². The predicted molar refractivity (Wildman–Crippen MR) is 101 cm³/mol. The zero-order valence-electron chi connectivity index (χ0n) is 15.7. The highest BCUT2D eigenvalue weighted by Gasteiger charge is 2.34. The second-order valence-electron chi connectivity index (χ2n) is 7.08. The summed E-state index contributed by atoms with van der Waals surface area (Å²) in [5.74, 6) is -0.286. The maximum Gasteiger partial charge on any atom is 0.261 e. The Balaban J connectivity index is 1.30. The topological polar surface area (TPSA) is 55.2 Å². The van der Waals surface area contributed by atoms with Crippen molar-refractivity contribution in [1.29, 1.82) is 0 Å². The van der Waals surface area contributed by atoms with Crippen LogP contribution in [0.25, 0.3) is 0 Å². The van der Waals surface area contributed by atoms with E-state index in [4.69, 9.17) is 0 Å². The smallest absolute Gasteiger partial charge is 0.261 e. The molecule has 1 aliphatic rings. The Morgan fingerprint density at radius 1 is 0.808 bits per heavy atom. The first-order valence-electron chi connectivity index (χ1n) is 9.54. The summed E-state index contributed by atoms with van der Waals surface area (Å²) in [6.07, 6.45) is 6.57. The first-order valence-corrected chi connectivity index (χ1v) is 9.54. The van der Waals surface area contributed by atoms with Crippen molar-refractivity contribution >= 4 is 11.8 Å². The monoisotopic (exact) mass is 353 g/mol. The van der Waals surface area contributed by atoms with Gasteiger partial charge in [0.15, 0.2) is 0 Å². The molecule has 0 spiro atoms. The molecule has 0 bridgehead atoms. The van der Waals surface area contributed by atoms with Gasteiger partial charge < -0.3 is 0 Å². The van der Waals surface area contributed by atoms with Crippen LogP contribution in [0.15, 0.2) is 30.3 Å². The first-order chi connectivity index (χ1) is 12.6. The normalized spacial score (nSPS) is 13.5. The fourth-order valence-electron chi connectivity index (χ4n) is 3.58. The Bertz CT molecular complexity index is 759. The SMILES string of the molecule is Cc1cc(C)n(CCCCCCCCN2C(=O)c3ccccc3C2=O)n1. The van der Waals surface area contributed by atoms with Crippen LogP contribution < -0.4 is 0 Å². The molecule has 0 unspecified atom stereocenters. The lowest BCUT2D eigenvalue weighted by Crippen LogP contribution is -2.30. The summed E-state index contributed by atoms with van der Waals surface area (Å²) in [4.78, 5) is 25.9. The van der Waals surface area contributed by atoms with E-state index >= 15 is 0 Å². The zero-order chi connectivity index (χ0) is 18.5. The van der Waals surface area contributed by atoms with Crippen LogP contribution >= 0.6 is 0 Å². The van der Waals surface area contributed by atoms with Crippen molar-refractivity contribution in [1.82, 2.24) is 14.7 Å². The third-order valence-corrected chi connectivity index (χ3v) is 4.98. The van der Waals surface area contributed by atoms with E-state index in [2.05, 4.69) is 22.8 Å². The minimum absolute atomic E-state index is 0.143. The molecule has 0 aliphatic carbocycles. The fourth-order valence-corrected chi connectivity index (χ4v) is 3.58. The Hall–Kier alpha value is -2.43.